The number of hydrogen-bond donors (Lipinski definition) is 1. The maximum absolute atomic E-state index is 13.0. The lowest BCUT2D eigenvalue weighted by Crippen LogP contribution is -2.29. The Bertz CT molecular complexity index is 960. The van der Waals surface area contributed by atoms with E-state index in [0.717, 1.165) is 28.8 Å². The minimum atomic E-state index is -0.225. The van der Waals surface area contributed by atoms with Crippen LogP contribution in [-0.4, -0.2) is 18.4 Å². The van der Waals surface area contributed by atoms with Crippen molar-refractivity contribution in [3.8, 4) is 0 Å². The van der Waals surface area contributed by atoms with Gasteiger partial charge in [0.2, 0.25) is 5.91 Å². The highest BCUT2D eigenvalue weighted by molar-refractivity contribution is 5.98. The average Bonchev–Trinajstić information content (AvgIpc) is 3.16. The largest absolute Gasteiger partial charge is 0.341 e. The van der Waals surface area contributed by atoms with Gasteiger partial charge >= 0.3 is 0 Å². The fourth-order valence-corrected chi connectivity index (χ4v) is 3.73. The van der Waals surface area contributed by atoms with Crippen LogP contribution in [0.25, 0.3) is 0 Å². The van der Waals surface area contributed by atoms with Crippen molar-refractivity contribution in [3.05, 3.63) is 101 Å². The molecule has 4 nitrogen and oxygen atoms in total. The number of anilines is 1. The molecule has 1 aliphatic heterocycles. The van der Waals surface area contributed by atoms with E-state index in [-0.39, 0.29) is 17.9 Å². The molecule has 28 heavy (non-hydrogen) atoms. The zero-order valence-electron chi connectivity index (χ0n) is 15.8. The van der Waals surface area contributed by atoms with E-state index < -0.39 is 0 Å². The van der Waals surface area contributed by atoms with E-state index >= 15 is 0 Å². The van der Waals surface area contributed by atoms with E-state index in [0.29, 0.717) is 12.1 Å². The van der Waals surface area contributed by atoms with Crippen molar-refractivity contribution < 1.29 is 9.59 Å². The number of benzene rings is 3. The van der Waals surface area contributed by atoms with Crippen molar-refractivity contribution in [2.24, 2.45) is 0 Å². The zero-order chi connectivity index (χ0) is 19.5. The molecule has 0 fully saturated rings. The minimum Gasteiger partial charge on any atom is -0.341 e. The van der Waals surface area contributed by atoms with Gasteiger partial charge in [0.15, 0.2) is 0 Å². The Morgan fingerprint density at radius 1 is 0.893 bits per heavy atom. The first-order chi connectivity index (χ1) is 13.6. The molecule has 0 radical (unpaired) electrons. The normalized spacial score (nSPS) is 12.7. The van der Waals surface area contributed by atoms with Gasteiger partial charge in [0, 0.05) is 24.7 Å². The third-order valence-corrected chi connectivity index (χ3v) is 5.16. The molecule has 3 aromatic rings. The van der Waals surface area contributed by atoms with E-state index in [1.807, 2.05) is 72.8 Å². The Labute approximate surface area is 164 Å². The highest BCUT2D eigenvalue weighted by Crippen LogP contribution is 2.29. The number of carbonyl (C=O) groups excluding carboxylic acids is 2. The summed E-state index contributed by atoms with van der Waals surface area (Å²) in [5.41, 5.74) is 4.63. The van der Waals surface area contributed by atoms with Crippen molar-refractivity contribution in [1.82, 2.24) is 5.32 Å². The Balaban J connectivity index is 1.61. The molecular formula is C24H22N2O2. The van der Waals surface area contributed by atoms with Gasteiger partial charge in [0.1, 0.15) is 0 Å². The fourth-order valence-electron chi connectivity index (χ4n) is 3.73. The maximum atomic E-state index is 13.0. The Kier molecular flexibility index (Phi) is 4.94. The van der Waals surface area contributed by atoms with Crippen molar-refractivity contribution in [3.63, 3.8) is 0 Å². The van der Waals surface area contributed by atoms with Crippen LogP contribution in [0, 0.1) is 0 Å². The third kappa shape index (κ3) is 3.54. The van der Waals surface area contributed by atoms with Gasteiger partial charge < -0.3 is 10.2 Å². The van der Waals surface area contributed by atoms with Crippen LogP contribution >= 0.6 is 0 Å². The highest BCUT2D eigenvalue weighted by Gasteiger charge is 2.24. The lowest BCUT2D eigenvalue weighted by Gasteiger charge is -2.20. The molecule has 0 unspecified atom stereocenters. The lowest BCUT2D eigenvalue weighted by atomic mass is 9.98. The molecular weight excluding hydrogens is 348 g/mol. The van der Waals surface area contributed by atoms with E-state index in [1.165, 1.54) is 0 Å². The number of fused-ring (bicyclic) bond motifs is 1. The van der Waals surface area contributed by atoms with Crippen LogP contribution in [0.4, 0.5) is 5.69 Å². The molecule has 2 amide bonds. The zero-order valence-corrected chi connectivity index (χ0v) is 15.8. The third-order valence-electron chi connectivity index (χ3n) is 5.16. The SMILES string of the molecule is CC(=O)N1CCc2cc(C(=O)NC(c3ccccc3)c3ccccc3)ccc21. The van der Waals surface area contributed by atoms with Crippen molar-refractivity contribution in [1.29, 1.82) is 0 Å². The Morgan fingerprint density at radius 3 is 2.07 bits per heavy atom. The van der Waals surface area contributed by atoms with Crippen LogP contribution in [0.2, 0.25) is 0 Å². The summed E-state index contributed by atoms with van der Waals surface area (Å²) in [5, 5.41) is 3.17. The lowest BCUT2D eigenvalue weighted by molar-refractivity contribution is -0.116. The second kappa shape index (κ2) is 7.69. The molecule has 1 heterocycles. The molecule has 0 atom stereocenters. The first kappa shape index (κ1) is 18.0. The van der Waals surface area contributed by atoms with Gasteiger partial charge in [-0.25, -0.2) is 0 Å². The van der Waals surface area contributed by atoms with Crippen LogP contribution < -0.4 is 10.2 Å². The van der Waals surface area contributed by atoms with Crippen LogP contribution in [-0.2, 0) is 11.2 Å². The summed E-state index contributed by atoms with van der Waals surface area (Å²) in [6, 6.07) is 25.3. The Hall–Kier alpha value is -3.40. The topological polar surface area (TPSA) is 49.4 Å². The smallest absolute Gasteiger partial charge is 0.252 e. The second-order valence-corrected chi connectivity index (χ2v) is 6.99. The number of carbonyl (C=O) groups is 2. The molecule has 4 rings (SSSR count). The molecule has 0 bridgehead atoms. The summed E-state index contributed by atoms with van der Waals surface area (Å²) in [4.78, 5) is 26.5. The first-order valence-electron chi connectivity index (χ1n) is 9.45. The van der Waals surface area contributed by atoms with Crippen molar-refractivity contribution in [2.45, 2.75) is 19.4 Å². The molecule has 3 aromatic carbocycles. The van der Waals surface area contributed by atoms with Gasteiger partial charge in [-0.2, -0.15) is 0 Å². The fraction of sp³-hybridized carbons (Fsp3) is 0.167. The molecule has 4 heteroatoms. The predicted octanol–water partition coefficient (Wildman–Crippen LogP) is 4.12. The molecule has 0 aromatic heterocycles. The molecule has 0 aliphatic carbocycles. The summed E-state index contributed by atoms with van der Waals surface area (Å²) in [6.45, 7) is 2.24. The van der Waals surface area contributed by atoms with E-state index in [4.69, 9.17) is 0 Å². The summed E-state index contributed by atoms with van der Waals surface area (Å²) >= 11 is 0. The molecule has 140 valence electrons. The number of nitrogens with one attached hydrogen (secondary N) is 1. The standard InChI is InChI=1S/C24H22N2O2/c1-17(27)26-15-14-20-16-21(12-13-22(20)26)24(28)25-23(18-8-4-2-5-9-18)19-10-6-3-7-11-19/h2-13,16,23H,14-15H2,1H3,(H,25,28). The predicted molar refractivity (Wildman–Crippen MR) is 110 cm³/mol. The summed E-state index contributed by atoms with van der Waals surface area (Å²) in [6.07, 6.45) is 0.775. The van der Waals surface area contributed by atoms with Crippen molar-refractivity contribution in [2.75, 3.05) is 11.4 Å². The number of nitrogens with zero attached hydrogens (tertiary/aromatic N) is 1. The van der Waals surface area contributed by atoms with Gasteiger partial charge in [-0.3, -0.25) is 9.59 Å². The number of hydrogen-bond acceptors (Lipinski definition) is 2. The molecule has 0 spiro atoms. The van der Waals surface area contributed by atoms with Crippen LogP contribution in [0.5, 0.6) is 0 Å². The van der Waals surface area contributed by atoms with Crippen molar-refractivity contribution >= 4 is 17.5 Å². The maximum Gasteiger partial charge on any atom is 0.252 e. The molecule has 1 aliphatic rings. The quantitative estimate of drug-likeness (QED) is 0.751. The van der Waals surface area contributed by atoms with Gasteiger partial charge in [-0.15, -0.1) is 0 Å². The van der Waals surface area contributed by atoms with Crippen LogP contribution in [0.3, 0.4) is 0 Å². The van der Waals surface area contributed by atoms with E-state index in [2.05, 4.69) is 5.32 Å². The van der Waals surface area contributed by atoms with Crippen LogP contribution in [0.1, 0.15) is 40.0 Å². The van der Waals surface area contributed by atoms with Crippen LogP contribution in [0.15, 0.2) is 78.9 Å². The summed E-state index contributed by atoms with van der Waals surface area (Å²) in [7, 11) is 0. The Morgan fingerprint density at radius 2 is 1.50 bits per heavy atom. The van der Waals surface area contributed by atoms with Gasteiger partial charge in [-0.05, 0) is 41.3 Å². The summed E-state index contributed by atoms with van der Waals surface area (Å²) in [5.74, 6) is -0.0917. The number of rotatable bonds is 4. The molecule has 1 N–H and O–H groups in total. The van der Waals surface area contributed by atoms with Gasteiger partial charge in [0.05, 0.1) is 6.04 Å². The van der Waals surface area contributed by atoms with Gasteiger partial charge in [0.25, 0.3) is 5.91 Å². The molecule has 0 saturated carbocycles. The highest BCUT2D eigenvalue weighted by atomic mass is 16.2. The minimum absolute atomic E-state index is 0.0316. The second-order valence-electron chi connectivity index (χ2n) is 6.99. The van der Waals surface area contributed by atoms with E-state index in [9.17, 15) is 9.59 Å². The monoisotopic (exact) mass is 370 g/mol. The average molecular weight is 370 g/mol. The van der Waals surface area contributed by atoms with Gasteiger partial charge in [-0.1, -0.05) is 60.7 Å². The summed E-state index contributed by atoms with van der Waals surface area (Å²) < 4.78 is 0. The van der Waals surface area contributed by atoms with E-state index in [1.54, 1.807) is 17.9 Å². The number of amides is 2. The first-order valence-corrected chi connectivity index (χ1v) is 9.45. The molecule has 0 saturated heterocycles.